The van der Waals surface area contributed by atoms with Crippen LogP contribution in [0.2, 0.25) is 5.02 Å². The molecule has 5 nitrogen and oxygen atoms in total. The number of likely N-dealkylation sites (N-methyl/N-ethyl adjacent to an activating group) is 1. The maximum absolute atomic E-state index is 14.0. The van der Waals surface area contributed by atoms with Gasteiger partial charge >= 0.3 is 0 Å². The molecular formula is C28H29ClN2O3. The van der Waals surface area contributed by atoms with Crippen molar-refractivity contribution >= 4 is 34.8 Å². The average Bonchev–Trinajstić information content (AvgIpc) is 2.85. The molecular weight excluding hydrogens is 448 g/mol. The summed E-state index contributed by atoms with van der Waals surface area (Å²) in [5, 5.41) is 0.628. The number of rotatable bonds is 5. The van der Waals surface area contributed by atoms with Gasteiger partial charge in [0.25, 0.3) is 5.91 Å². The number of nitrogens with zero attached hydrogens (tertiary/aromatic N) is 2. The molecule has 6 heteroatoms. The Morgan fingerprint density at radius 2 is 1.71 bits per heavy atom. The van der Waals surface area contributed by atoms with Crippen molar-refractivity contribution in [3.8, 4) is 5.75 Å². The minimum atomic E-state index is -0.789. The van der Waals surface area contributed by atoms with Crippen LogP contribution >= 0.6 is 11.6 Å². The predicted molar refractivity (Wildman–Crippen MR) is 137 cm³/mol. The molecule has 3 aromatic carbocycles. The second-order valence-electron chi connectivity index (χ2n) is 8.83. The minimum absolute atomic E-state index is 0.00756. The van der Waals surface area contributed by atoms with Gasteiger partial charge in [-0.2, -0.15) is 0 Å². The number of carbonyl (C=O) groups excluding carboxylic acids is 2. The maximum Gasteiger partial charge on any atom is 0.258 e. The largest absolute Gasteiger partial charge is 0.497 e. The molecule has 0 N–H and O–H groups in total. The number of anilines is 2. The Hall–Kier alpha value is -3.31. The van der Waals surface area contributed by atoms with Crippen molar-refractivity contribution in [1.82, 2.24) is 0 Å². The Bertz CT molecular complexity index is 1190. The standard InChI is InChI=1S/C28H29ClN2O3/c1-5-30(22-14-12-21(29)13-15-22)27(33)28(3)18-19(2)31(25-9-7-6-8-24(25)28)26(32)20-10-16-23(34-4)17-11-20/h6-17,19H,5,18H2,1-4H3/t19-,28?/m1/s1. The predicted octanol–water partition coefficient (Wildman–Crippen LogP) is 6.10. The van der Waals surface area contributed by atoms with Gasteiger partial charge in [-0.05, 0) is 87.4 Å². The van der Waals surface area contributed by atoms with E-state index in [-0.39, 0.29) is 17.9 Å². The van der Waals surface area contributed by atoms with Crippen molar-refractivity contribution in [3.05, 3.63) is 88.9 Å². The molecule has 2 amide bonds. The van der Waals surface area contributed by atoms with Crippen LogP contribution in [0.25, 0.3) is 0 Å². The number of carbonyl (C=O) groups is 2. The summed E-state index contributed by atoms with van der Waals surface area (Å²) in [6.45, 7) is 6.48. The molecule has 0 spiro atoms. The summed E-state index contributed by atoms with van der Waals surface area (Å²) in [6, 6.07) is 22.0. The molecule has 0 radical (unpaired) electrons. The monoisotopic (exact) mass is 476 g/mol. The summed E-state index contributed by atoms with van der Waals surface area (Å²) >= 11 is 6.07. The normalized spacial score (nSPS) is 19.3. The van der Waals surface area contributed by atoms with E-state index in [2.05, 4.69) is 0 Å². The zero-order chi connectivity index (χ0) is 24.5. The third-order valence-corrected chi connectivity index (χ3v) is 6.88. The second-order valence-corrected chi connectivity index (χ2v) is 9.27. The third kappa shape index (κ3) is 4.16. The fraction of sp³-hybridized carbons (Fsp3) is 0.286. The SMILES string of the molecule is CCN(C(=O)C1(C)C[C@@H](C)N(C(=O)c2ccc(OC)cc2)c2ccccc21)c1ccc(Cl)cc1. The summed E-state index contributed by atoms with van der Waals surface area (Å²) in [5.74, 6) is 0.610. The molecule has 1 heterocycles. The number of benzene rings is 3. The van der Waals surface area contributed by atoms with Crippen LogP contribution in [0.5, 0.6) is 5.75 Å². The fourth-order valence-electron chi connectivity index (χ4n) is 4.93. The van der Waals surface area contributed by atoms with E-state index in [4.69, 9.17) is 16.3 Å². The molecule has 0 aromatic heterocycles. The smallest absolute Gasteiger partial charge is 0.258 e. The number of para-hydroxylation sites is 1. The van der Waals surface area contributed by atoms with Crippen LogP contribution in [0, 0.1) is 0 Å². The Kier molecular flexibility index (Phi) is 6.67. The highest BCUT2D eigenvalue weighted by Gasteiger charge is 2.47. The maximum atomic E-state index is 14.0. The summed E-state index contributed by atoms with van der Waals surface area (Å²) in [7, 11) is 1.60. The first-order valence-electron chi connectivity index (χ1n) is 11.4. The number of hydrogen-bond donors (Lipinski definition) is 0. The molecule has 0 saturated heterocycles. The molecule has 2 atom stereocenters. The van der Waals surface area contributed by atoms with Crippen LogP contribution in [0.3, 0.4) is 0 Å². The van der Waals surface area contributed by atoms with E-state index in [1.165, 1.54) is 0 Å². The van der Waals surface area contributed by atoms with Gasteiger partial charge < -0.3 is 14.5 Å². The van der Waals surface area contributed by atoms with Gasteiger partial charge in [-0.3, -0.25) is 9.59 Å². The molecule has 3 aromatic rings. The Balaban J connectivity index is 1.74. The number of amides is 2. The van der Waals surface area contributed by atoms with Crippen molar-refractivity contribution in [2.45, 2.75) is 38.6 Å². The first kappa shape index (κ1) is 23.8. The number of methoxy groups -OCH3 is 1. The number of hydrogen-bond acceptors (Lipinski definition) is 3. The van der Waals surface area contributed by atoms with E-state index in [0.717, 1.165) is 16.9 Å². The van der Waals surface area contributed by atoms with Crippen LogP contribution in [0.4, 0.5) is 11.4 Å². The topological polar surface area (TPSA) is 49.9 Å². The molecule has 1 unspecified atom stereocenters. The lowest BCUT2D eigenvalue weighted by molar-refractivity contribution is -0.124. The molecule has 1 aliphatic heterocycles. The summed E-state index contributed by atoms with van der Waals surface area (Å²) < 4.78 is 5.23. The van der Waals surface area contributed by atoms with Gasteiger partial charge in [0.1, 0.15) is 5.75 Å². The lowest BCUT2D eigenvalue weighted by atomic mass is 9.72. The lowest BCUT2D eigenvalue weighted by Crippen LogP contribution is -2.54. The molecule has 4 rings (SSSR count). The van der Waals surface area contributed by atoms with Gasteiger partial charge in [0.05, 0.1) is 12.5 Å². The lowest BCUT2D eigenvalue weighted by Gasteiger charge is -2.45. The van der Waals surface area contributed by atoms with Gasteiger partial charge in [-0.25, -0.2) is 0 Å². The Morgan fingerprint density at radius 1 is 1.06 bits per heavy atom. The summed E-state index contributed by atoms with van der Waals surface area (Å²) in [4.78, 5) is 31.2. The summed E-state index contributed by atoms with van der Waals surface area (Å²) in [6.07, 6.45) is 0.509. The molecule has 0 saturated carbocycles. The van der Waals surface area contributed by atoms with E-state index >= 15 is 0 Å². The van der Waals surface area contributed by atoms with Gasteiger partial charge in [0.15, 0.2) is 0 Å². The highest BCUT2D eigenvalue weighted by Crippen LogP contribution is 2.45. The van der Waals surface area contributed by atoms with E-state index < -0.39 is 5.41 Å². The van der Waals surface area contributed by atoms with Gasteiger partial charge in [-0.15, -0.1) is 0 Å². The number of fused-ring (bicyclic) bond motifs is 1. The molecule has 34 heavy (non-hydrogen) atoms. The average molecular weight is 477 g/mol. The van der Waals surface area contributed by atoms with Crippen LogP contribution < -0.4 is 14.5 Å². The molecule has 0 aliphatic carbocycles. The van der Waals surface area contributed by atoms with Crippen molar-refractivity contribution in [3.63, 3.8) is 0 Å². The fourth-order valence-corrected chi connectivity index (χ4v) is 5.05. The van der Waals surface area contributed by atoms with E-state index in [1.807, 2.05) is 62.1 Å². The highest BCUT2D eigenvalue weighted by molar-refractivity contribution is 6.30. The summed E-state index contributed by atoms with van der Waals surface area (Å²) in [5.41, 5.74) is 2.22. The Labute approximate surface area is 205 Å². The molecule has 0 fully saturated rings. The van der Waals surface area contributed by atoms with Crippen LogP contribution in [0.1, 0.15) is 43.1 Å². The first-order chi connectivity index (χ1) is 16.3. The number of ether oxygens (including phenoxy) is 1. The van der Waals surface area contributed by atoms with Crippen molar-refractivity contribution in [2.24, 2.45) is 0 Å². The van der Waals surface area contributed by atoms with E-state index in [0.29, 0.717) is 29.3 Å². The van der Waals surface area contributed by atoms with Crippen LogP contribution in [0.15, 0.2) is 72.8 Å². The van der Waals surface area contributed by atoms with E-state index in [1.54, 1.807) is 48.4 Å². The Morgan fingerprint density at radius 3 is 2.32 bits per heavy atom. The van der Waals surface area contributed by atoms with Crippen LogP contribution in [-0.2, 0) is 10.2 Å². The van der Waals surface area contributed by atoms with Gasteiger partial charge in [-0.1, -0.05) is 29.8 Å². The highest BCUT2D eigenvalue weighted by atomic mass is 35.5. The molecule has 1 aliphatic rings. The second kappa shape index (κ2) is 9.51. The first-order valence-corrected chi connectivity index (χ1v) is 11.8. The molecule has 176 valence electrons. The van der Waals surface area contributed by atoms with E-state index in [9.17, 15) is 9.59 Å². The molecule has 0 bridgehead atoms. The van der Waals surface area contributed by atoms with Crippen molar-refractivity contribution in [1.29, 1.82) is 0 Å². The minimum Gasteiger partial charge on any atom is -0.497 e. The quantitative estimate of drug-likeness (QED) is 0.447. The van der Waals surface area contributed by atoms with Crippen LogP contribution in [-0.4, -0.2) is 31.5 Å². The van der Waals surface area contributed by atoms with Gasteiger partial charge in [0, 0.05) is 34.5 Å². The third-order valence-electron chi connectivity index (χ3n) is 6.63. The van der Waals surface area contributed by atoms with Crippen molar-refractivity contribution in [2.75, 3.05) is 23.5 Å². The van der Waals surface area contributed by atoms with Gasteiger partial charge in [0.2, 0.25) is 5.91 Å². The van der Waals surface area contributed by atoms with Crippen molar-refractivity contribution < 1.29 is 14.3 Å². The zero-order valence-corrected chi connectivity index (χ0v) is 20.7. The number of halogens is 1. The zero-order valence-electron chi connectivity index (χ0n) is 19.9.